The summed E-state index contributed by atoms with van der Waals surface area (Å²) in [5.74, 6) is 0.367. The second-order valence-electron chi connectivity index (χ2n) is 4.93. The van der Waals surface area contributed by atoms with Crippen molar-refractivity contribution in [2.24, 2.45) is 5.41 Å². The predicted octanol–water partition coefficient (Wildman–Crippen LogP) is 2.19. The molecule has 0 bridgehead atoms. The van der Waals surface area contributed by atoms with Gasteiger partial charge in [-0.2, -0.15) is 0 Å². The summed E-state index contributed by atoms with van der Waals surface area (Å²) in [5.41, 5.74) is 0.966. The second kappa shape index (κ2) is 4.79. The molecule has 1 aliphatic rings. The standard InChI is InChI=1S/C14H19NO/c1-14(8-5-9-15-11-14)13(16)10-12-6-3-2-4-7-12/h2-4,6-7,15H,5,8-11H2,1H3. The lowest BCUT2D eigenvalue weighted by molar-refractivity contribution is -0.128. The molecule has 0 spiro atoms. The molecule has 0 radical (unpaired) electrons. The Balaban J connectivity index is 2.02. The molecule has 1 aromatic rings. The van der Waals surface area contributed by atoms with Crippen LogP contribution in [0.3, 0.4) is 0 Å². The molecule has 2 nitrogen and oxygen atoms in total. The number of rotatable bonds is 3. The van der Waals surface area contributed by atoms with E-state index in [-0.39, 0.29) is 5.41 Å². The minimum atomic E-state index is -0.159. The van der Waals surface area contributed by atoms with Gasteiger partial charge in [-0.3, -0.25) is 4.79 Å². The smallest absolute Gasteiger partial charge is 0.144 e. The number of carbonyl (C=O) groups is 1. The second-order valence-corrected chi connectivity index (χ2v) is 4.93. The Morgan fingerprint density at radius 1 is 1.38 bits per heavy atom. The third-order valence-electron chi connectivity index (χ3n) is 3.48. The summed E-state index contributed by atoms with van der Waals surface area (Å²) in [5, 5.41) is 3.32. The van der Waals surface area contributed by atoms with E-state index in [1.807, 2.05) is 30.3 Å². The van der Waals surface area contributed by atoms with E-state index in [4.69, 9.17) is 0 Å². The minimum Gasteiger partial charge on any atom is -0.316 e. The molecule has 1 heterocycles. The van der Waals surface area contributed by atoms with Gasteiger partial charge in [-0.05, 0) is 24.9 Å². The summed E-state index contributed by atoms with van der Waals surface area (Å²) in [6, 6.07) is 10.0. The average Bonchev–Trinajstić information content (AvgIpc) is 2.31. The fourth-order valence-electron chi connectivity index (χ4n) is 2.29. The highest BCUT2D eigenvalue weighted by molar-refractivity contribution is 5.86. The summed E-state index contributed by atoms with van der Waals surface area (Å²) in [4.78, 5) is 12.2. The van der Waals surface area contributed by atoms with Gasteiger partial charge in [-0.1, -0.05) is 37.3 Å². The largest absolute Gasteiger partial charge is 0.316 e. The summed E-state index contributed by atoms with van der Waals surface area (Å²) in [6.45, 7) is 3.97. The van der Waals surface area contributed by atoms with Crippen molar-refractivity contribution in [3.05, 3.63) is 35.9 Å². The molecule has 1 aliphatic heterocycles. The van der Waals surface area contributed by atoms with Gasteiger partial charge >= 0.3 is 0 Å². The first-order valence-corrected chi connectivity index (χ1v) is 5.99. The SMILES string of the molecule is CC1(C(=O)Cc2ccccc2)CCCNC1. The Morgan fingerprint density at radius 3 is 2.75 bits per heavy atom. The van der Waals surface area contributed by atoms with Crippen LogP contribution in [0.25, 0.3) is 0 Å². The fraction of sp³-hybridized carbons (Fsp3) is 0.500. The van der Waals surface area contributed by atoms with E-state index >= 15 is 0 Å². The van der Waals surface area contributed by atoms with Crippen LogP contribution in [0.15, 0.2) is 30.3 Å². The molecule has 16 heavy (non-hydrogen) atoms. The van der Waals surface area contributed by atoms with Gasteiger partial charge in [-0.25, -0.2) is 0 Å². The maximum absolute atomic E-state index is 12.2. The summed E-state index contributed by atoms with van der Waals surface area (Å²) >= 11 is 0. The molecule has 1 atom stereocenters. The van der Waals surface area contributed by atoms with E-state index in [0.29, 0.717) is 12.2 Å². The van der Waals surface area contributed by atoms with E-state index in [1.165, 1.54) is 0 Å². The zero-order chi connectivity index (χ0) is 11.4. The molecule has 1 aromatic carbocycles. The lowest BCUT2D eigenvalue weighted by Gasteiger charge is -2.32. The van der Waals surface area contributed by atoms with Gasteiger partial charge in [0.15, 0.2) is 0 Å². The molecule has 2 rings (SSSR count). The lowest BCUT2D eigenvalue weighted by atomic mass is 9.77. The van der Waals surface area contributed by atoms with Crippen molar-refractivity contribution in [2.75, 3.05) is 13.1 Å². The summed E-state index contributed by atoms with van der Waals surface area (Å²) in [6.07, 6.45) is 2.70. The van der Waals surface area contributed by atoms with Crippen LogP contribution in [0.1, 0.15) is 25.3 Å². The molecule has 1 saturated heterocycles. The predicted molar refractivity (Wildman–Crippen MR) is 65.4 cm³/mol. The minimum absolute atomic E-state index is 0.159. The van der Waals surface area contributed by atoms with Crippen LogP contribution < -0.4 is 5.32 Å². The molecule has 1 N–H and O–H groups in total. The van der Waals surface area contributed by atoms with Crippen LogP contribution in [0, 0.1) is 5.41 Å². The van der Waals surface area contributed by atoms with Gasteiger partial charge in [0.1, 0.15) is 5.78 Å². The molecule has 1 unspecified atom stereocenters. The maximum atomic E-state index is 12.2. The van der Waals surface area contributed by atoms with Crippen molar-refractivity contribution >= 4 is 5.78 Å². The van der Waals surface area contributed by atoms with Crippen molar-refractivity contribution in [3.63, 3.8) is 0 Å². The highest BCUT2D eigenvalue weighted by atomic mass is 16.1. The van der Waals surface area contributed by atoms with Crippen LogP contribution in [0.5, 0.6) is 0 Å². The van der Waals surface area contributed by atoms with Crippen molar-refractivity contribution < 1.29 is 4.79 Å². The molecule has 1 fully saturated rings. The number of nitrogens with one attached hydrogen (secondary N) is 1. The van der Waals surface area contributed by atoms with Gasteiger partial charge in [0.05, 0.1) is 0 Å². The molecular weight excluding hydrogens is 198 g/mol. The fourth-order valence-corrected chi connectivity index (χ4v) is 2.29. The Bertz CT molecular complexity index is 352. The first-order valence-electron chi connectivity index (χ1n) is 5.99. The van der Waals surface area contributed by atoms with Gasteiger partial charge < -0.3 is 5.32 Å². The quantitative estimate of drug-likeness (QED) is 0.841. The summed E-state index contributed by atoms with van der Waals surface area (Å²) < 4.78 is 0. The first kappa shape index (κ1) is 11.3. The zero-order valence-corrected chi connectivity index (χ0v) is 9.83. The van der Waals surface area contributed by atoms with E-state index in [2.05, 4.69) is 12.2 Å². The van der Waals surface area contributed by atoms with Crippen LogP contribution >= 0.6 is 0 Å². The number of carbonyl (C=O) groups excluding carboxylic acids is 1. The van der Waals surface area contributed by atoms with Crippen LogP contribution in [-0.4, -0.2) is 18.9 Å². The Labute approximate surface area is 97.1 Å². The van der Waals surface area contributed by atoms with Crippen LogP contribution in [0.4, 0.5) is 0 Å². The number of hydrogen-bond acceptors (Lipinski definition) is 2. The van der Waals surface area contributed by atoms with E-state index in [1.54, 1.807) is 0 Å². The number of benzene rings is 1. The number of Topliss-reactive ketones (excluding diaryl/α,β-unsaturated/α-hetero) is 1. The lowest BCUT2D eigenvalue weighted by Crippen LogP contribution is -2.44. The van der Waals surface area contributed by atoms with Crippen molar-refractivity contribution in [2.45, 2.75) is 26.2 Å². The van der Waals surface area contributed by atoms with E-state index in [9.17, 15) is 4.79 Å². The number of piperidine rings is 1. The van der Waals surface area contributed by atoms with Gasteiger partial charge in [0, 0.05) is 18.4 Å². The maximum Gasteiger partial charge on any atom is 0.144 e. The van der Waals surface area contributed by atoms with Crippen molar-refractivity contribution in [1.29, 1.82) is 0 Å². The highest BCUT2D eigenvalue weighted by Gasteiger charge is 2.33. The summed E-state index contributed by atoms with van der Waals surface area (Å²) in [7, 11) is 0. The molecule has 0 aliphatic carbocycles. The van der Waals surface area contributed by atoms with Crippen molar-refractivity contribution in [1.82, 2.24) is 5.32 Å². The van der Waals surface area contributed by atoms with Crippen LogP contribution in [-0.2, 0) is 11.2 Å². The highest BCUT2D eigenvalue weighted by Crippen LogP contribution is 2.27. The Morgan fingerprint density at radius 2 is 2.12 bits per heavy atom. The topological polar surface area (TPSA) is 29.1 Å². The molecular formula is C14H19NO. The molecule has 86 valence electrons. The number of hydrogen-bond donors (Lipinski definition) is 1. The average molecular weight is 217 g/mol. The third-order valence-corrected chi connectivity index (χ3v) is 3.48. The van der Waals surface area contributed by atoms with Crippen LogP contribution in [0.2, 0.25) is 0 Å². The monoisotopic (exact) mass is 217 g/mol. The zero-order valence-electron chi connectivity index (χ0n) is 9.83. The molecule has 0 amide bonds. The van der Waals surface area contributed by atoms with Crippen molar-refractivity contribution in [3.8, 4) is 0 Å². The normalized spacial score (nSPS) is 25.3. The molecule has 0 saturated carbocycles. The van der Waals surface area contributed by atoms with Gasteiger partial charge in [0.25, 0.3) is 0 Å². The van der Waals surface area contributed by atoms with Gasteiger partial charge in [0.2, 0.25) is 0 Å². The third kappa shape index (κ3) is 2.50. The Kier molecular flexibility index (Phi) is 3.39. The Hall–Kier alpha value is -1.15. The first-order chi connectivity index (χ1) is 7.71. The molecule has 0 aromatic heterocycles. The van der Waals surface area contributed by atoms with E-state index < -0.39 is 0 Å². The number of ketones is 1. The molecule has 2 heteroatoms. The van der Waals surface area contributed by atoms with Gasteiger partial charge in [-0.15, -0.1) is 0 Å². The van der Waals surface area contributed by atoms with E-state index in [0.717, 1.165) is 31.5 Å².